The van der Waals surface area contributed by atoms with Gasteiger partial charge in [-0.1, -0.05) is 24.3 Å². The maximum atomic E-state index is 12.3. The largest absolute Gasteiger partial charge is 0.375 e. The summed E-state index contributed by atoms with van der Waals surface area (Å²) in [5.74, 6) is 0.381. The smallest absolute Gasteiger partial charge is 0.219 e. The van der Waals surface area contributed by atoms with Crippen molar-refractivity contribution in [2.75, 3.05) is 14.2 Å². The molecule has 3 unspecified atom stereocenters. The van der Waals surface area contributed by atoms with E-state index in [9.17, 15) is 9.59 Å². The van der Waals surface area contributed by atoms with Crippen LogP contribution in [0.1, 0.15) is 51.4 Å². The summed E-state index contributed by atoms with van der Waals surface area (Å²) < 4.78 is 11.9. The topological polar surface area (TPSA) is 64.6 Å². The molecule has 1 amide bonds. The Hall–Kier alpha value is -1.72. The first-order valence-electron chi connectivity index (χ1n) is 10.5. The predicted molar refractivity (Wildman–Crippen MR) is 107 cm³/mol. The maximum Gasteiger partial charge on any atom is 0.219 e. The minimum atomic E-state index is -0.00222. The minimum absolute atomic E-state index is 0.00222. The van der Waals surface area contributed by atoms with Crippen molar-refractivity contribution in [3.8, 4) is 0 Å². The molecular formula is C23H31NO4. The zero-order valence-corrected chi connectivity index (χ0v) is 16.9. The van der Waals surface area contributed by atoms with Crippen LogP contribution >= 0.6 is 0 Å². The number of amides is 1. The van der Waals surface area contributed by atoms with Crippen LogP contribution in [0, 0.1) is 11.3 Å². The first-order valence-corrected chi connectivity index (χ1v) is 10.5. The van der Waals surface area contributed by atoms with Crippen LogP contribution in [-0.2, 0) is 19.1 Å². The van der Waals surface area contributed by atoms with Gasteiger partial charge in [-0.25, -0.2) is 0 Å². The van der Waals surface area contributed by atoms with E-state index >= 15 is 0 Å². The lowest BCUT2D eigenvalue weighted by Crippen LogP contribution is -2.77. The number of methoxy groups -OCH3 is 1. The summed E-state index contributed by atoms with van der Waals surface area (Å²) in [6.07, 6.45) is 17.9. The second kappa shape index (κ2) is 7.60. The second-order valence-corrected chi connectivity index (χ2v) is 8.82. The van der Waals surface area contributed by atoms with Gasteiger partial charge in [0, 0.05) is 37.5 Å². The highest BCUT2D eigenvalue weighted by Gasteiger charge is 2.80. The van der Waals surface area contributed by atoms with Gasteiger partial charge < -0.3 is 14.8 Å². The molecule has 4 aliphatic carbocycles. The van der Waals surface area contributed by atoms with Gasteiger partial charge in [-0.15, -0.1) is 0 Å². The average Bonchev–Trinajstić information content (AvgIpc) is 3.13. The zero-order chi connectivity index (χ0) is 19.8. The first kappa shape index (κ1) is 19.6. The summed E-state index contributed by atoms with van der Waals surface area (Å²) in [5, 5.41) is 2.63. The number of nitrogens with one attached hydrogen (secondary N) is 1. The molecule has 5 rings (SSSR count). The van der Waals surface area contributed by atoms with Gasteiger partial charge in [0.15, 0.2) is 5.78 Å². The van der Waals surface area contributed by atoms with E-state index in [0.717, 1.165) is 50.5 Å². The van der Waals surface area contributed by atoms with E-state index in [1.807, 2.05) is 6.08 Å². The molecule has 3 saturated carbocycles. The van der Waals surface area contributed by atoms with E-state index in [0.29, 0.717) is 11.8 Å². The highest BCUT2D eigenvalue weighted by atomic mass is 16.6. The molecule has 2 bridgehead atoms. The molecule has 0 aromatic heterocycles. The van der Waals surface area contributed by atoms with Gasteiger partial charge in [0.25, 0.3) is 0 Å². The van der Waals surface area contributed by atoms with E-state index in [-0.39, 0.29) is 35.4 Å². The fourth-order valence-corrected chi connectivity index (χ4v) is 5.58. The van der Waals surface area contributed by atoms with Crippen LogP contribution in [0.4, 0.5) is 0 Å². The van der Waals surface area contributed by atoms with Crippen LogP contribution in [-0.4, -0.2) is 43.7 Å². The Labute approximate surface area is 167 Å². The molecule has 0 radical (unpaired) electrons. The van der Waals surface area contributed by atoms with Crippen molar-refractivity contribution in [2.45, 2.75) is 69.2 Å². The van der Waals surface area contributed by atoms with Crippen LogP contribution in [0.5, 0.6) is 0 Å². The number of carbonyl (C=O) groups is 2. The Balaban J connectivity index is 1.24. The maximum absolute atomic E-state index is 12.3. The molecular weight excluding hydrogens is 354 g/mol. The monoisotopic (exact) mass is 385 g/mol. The van der Waals surface area contributed by atoms with E-state index < -0.39 is 0 Å². The van der Waals surface area contributed by atoms with Crippen molar-refractivity contribution < 1.29 is 19.1 Å². The van der Waals surface area contributed by atoms with Crippen molar-refractivity contribution in [3.05, 3.63) is 36.0 Å². The van der Waals surface area contributed by atoms with Crippen LogP contribution in [0.15, 0.2) is 36.0 Å². The molecule has 152 valence electrons. The number of unbranched alkanes of at least 4 members (excludes halogenated alkanes) is 1. The molecule has 4 fully saturated rings. The Morgan fingerprint density at radius 2 is 2.18 bits per heavy atom. The van der Waals surface area contributed by atoms with Crippen molar-refractivity contribution in [1.82, 2.24) is 5.32 Å². The number of hydrogen-bond donors (Lipinski definition) is 1. The Bertz CT molecular complexity index is 729. The third kappa shape index (κ3) is 3.29. The lowest BCUT2D eigenvalue weighted by Gasteiger charge is -2.71. The number of ketones is 1. The zero-order valence-electron chi connectivity index (χ0n) is 16.9. The fourth-order valence-electron chi connectivity index (χ4n) is 5.58. The number of carbonyl (C=O) groups excluding carboxylic acids is 2. The fraction of sp³-hybridized carbons (Fsp3) is 0.652. The predicted octanol–water partition coefficient (Wildman–Crippen LogP) is 3.26. The van der Waals surface area contributed by atoms with E-state index in [2.05, 4.69) is 23.5 Å². The Morgan fingerprint density at radius 1 is 1.36 bits per heavy atom. The molecule has 1 saturated heterocycles. The molecule has 3 atom stereocenters. The lowest BCUT2D eigenvalue weighted by atomic mass is 9.38. The third-order valence-corrected chi connectivity index (χ3v) is 7.08. The van der Waals surface area contributed by atoms with Gasteiger partial charge in [-0.3, -0.25) is 9.59 Å². The normalized spacial score (nSPS) is 39.3. The number of rotatable bonds is 9. The summed E-state index contributed by atoms with van der Waals surface area (Å²) in [5.41, 5.74) is 1.27. The standard InChI is InChI=1S/C23H31NO4/c1-24-20(26)8-6-4-3-5-7-16-9-12-19(25)18(16)11-10-17-13-22-14-23(15-22,27-2)21(22)28-17/h3,5,9,11-12,16-17,21H,4,6-8,10,13-15H2,1-2H3,(H,24,26). The van der Waals surface area contributed by atoms with Gasteiger partial charge in [-0.05, 0) is 51.0 Å². The first-order chi connectivity index (χ1) is 13.5. The number of allylic oxidation sites excluding steroid dienone is 5. The van der Waals surface area contributed by atoms with Crippen molar-refractivity contribution >= 4 is 11.7 Å². The molecule has 1 N–H and O–H groups in total. The average molecular weight is 386 g/mol. The van der Waals surface area contributed by atoms with Gasteiger partial charge >= 0.3 is 0 Å². The quantitative estimate of drug-likeness (QED) is 0.376. The number of ether oxygens (including phenoxy) is 2. The molecule has 1 spiro atoms. The summed E-state index contributed by atoms with van der Waals surface area (Å²) in [6.45, 7) is 0. The van der Waals surface area contributed by atoms with Crippen molar-refractivity contribution in [1.29, 1.82) is 0 Å². The highest BCUT2D eigenvalue weighted by molar-refractivity contribution is 6.07. The highest BCUT2D eigenvalue weighted by Crippen LogP contribution is 2.75. The molecule has 5 nitrogen and oxygen atoms in total. The molecule has 5 heteroatoms. The van der Waals surface area contributed by atoms with E-state index in [1.54, 1.807) is 20.2 Å². The number of hydrogen-bond acceptors (Lipinski definition) is 4. The summed E-state index contributed by atoms with van der Waals surface area (Å²) in [4.78, 5) is 23.5. The van der Waals surface area contributed by atoms with Gasteiger partial charge in [0.05, 0.1) is 17.8 Å². The van der Waals surface area contributed by atoms with Crippen LogP contribution in [0.3, 0.4) is 0 Å². The SMILES string of the molecule is CNC(=O)CCCC=CCC1C=CC(=O)C1=CCC1CC23CC(OC)(C2)C3O1. The lowest BCUT2D eigenvalue weighted by molar-refractivity contribution is -0.335. The summed E-state index contributed by atoms with van der Waals surface area (Å²) in [6, 6.07) is 0. The van der Waals surface area contributed by atoms with Gasteiger partial charge in [-0.2, -0.15) is 0 Å². The molecule has 28 heavy (non-hydrogen) atoms. The summed E-state index contributed by atoms with van der Waals surface area (Å²) >= 11 is 0. The Kier molecular flexibility index (Phi) is 5.32. The van der Waals surface area contributed by atoms with Crippen molar-refractivity contribution in [2.24, 2.45) is 11.3 Å². The molecule has 1 heterocycles. The van der Waals surface area contributed by atoms with E-state index in [1.165, 1.54) is 0 Å². The molecule has 0 aromatic rings. The van der Waals surface area contributed by atoms with Crippen LogP contribution < -0.4 is 5.32 Å². The van der Waals surface area contributed by atoms with E-state index in [4.69, 9.17) is 9.47 Å². The van der Waals surface area contributed by atoms with Crippen LogP contribution in [0.25, 0.3) is 0 Å². The van der Waals surface area contributed by atoms with Gasteiger partial charge in [0.1, 0.15) is 0 Å². The van der Waals surface area contributed by atoms with Crippen molar-refractivity contribution in [3.63, 3.8) is 0 Å². The van der Waals surface area contributed by atoms with Gasteiger partial charge in [0.2, 0.25) is 5.91 Å². The Morgan fingerprint density at radius 3 is 2.93 bits per heavy atom. The molecule has 1 aliphatic heterocycles. The molecule has 5 aliphatic rings. The molecule has 0 aromatic carbocycles. The second-order valence-electron chi connectivity index (χ2n) is 8.82. The minimum Gasteiger partial charge on any atom is -0.375 e. The van der Waals surface area contributed by atoms with Crippen LogP contribution in [0.2, 0.25) is 0 Å². The third-order valence-electron chi connectivity index (χ3n) is 7.08. The summed E-state index contributed by atoms with van der Waals surface area (Å²) in [7, 11) is 3.45.